The Morgan fingerprint density at radius 2 is 1.97 bits per heavy atom. The molecule has 0 saturated carbocycles. The molecule has 3 heterocycles. The van der Waals surface area contributed by atoms with Gasteiger partial charge in [-0.15, -0.1) is 0 Å². The Hall–Kier alpha value is -1.85. The van der Waals surface area contributed by atoms with Crippen LogP contribution in [0.25, 0.3) is 0 Å². The standard InChI is InChI=1S/C19H27N5O4S/c1-22(2)29(25,26)24-10-15-9-23(12-18-20-17(13-27-3)21-28-18)11-16(15)19(24)14-7-5-4-6-8-14/h4-8,15-16,19H,9-13H2,1-3H3/t15-,16-,19+/m0/s1. The minimum absolute atomic E-state index is 0.176. The minimum atomic E-state index is -3.50. The molecular formula is C19H27N5O4S. The first-order valence-corrected chi connectivity index (χ1v) is 11.1. The Morgan fingerprint density at radius 1 is 1.21 bits per heavy atom. The number of likely N-dealkylation sites (tertiary alicyclic amines) is 1. The third kappa shape index (κ3) is 3.95. The Bertz CT molecular complexity index is 933. The predicted octanol–water partition coefficient (Wildman–Crippen LogP) is 1.13. The average molecular weight is 422 g/mol. The van der Waals surface area contributed by atoms with Gasteiger partial charge >= 0.3 is 0 Å². The summed E-state index contributed by atoms with van der Waals surface area (Å²) >= 11 is 0. The van der Waals surface area contributed by atoms with Gasteiger partial charge in [0.1, 0.15) is 6.61 Å². The number of fused-ring (bicyclic) bond motifs is 1. The van der Waals surface area contributed by atoms with Gasteiger partial charge in [0, 0.05) is 40.8 Å². The Labute approximate surface area is 171 Å². The molecule has 1 aromatic carbocycles. The van der Waals surface area contributed by atoms with Crippen molar-refractivity contribution in [3.63, 3.8) is 0 Å². The van der Waals surface area contributed by atoms with Crippen LogP contribution in [-0.4, -0.2) is 72.9 Å². The highest BCUT2D eigenvalue weighted by molar-refractivity contribution is 7.86. The predicted molar refractivity (Wildman–Crippen MR) is 106 cm³/mol. The van der Waals surface area contributed by atoms with E-state index in [9.17, 15) is 8.42 Å². The second kappa shape index (κ2) is 8.11. The summed E-state index contributed by atoms with van der Waals surface area (Å²) in [5.41, 5.74) is 1.03. The highest BCUT2D eigenvalue weighted by Gasteiger charge is 2.51. The van der Waals surface area contributed by atoms with E-state index in [4.69, 9.17) is 9.26 Å². The summed E-state index contributed by atoms with van der Waals surface area (Å²) in [5.74, 6) is 1.57. The van der Waals surface area contributed by atoms with Crippen molar-refractivity contribution in [1.82, 2.24) is 23.7 Å². The zero-order valence-corrected chi connectivity index (χ0v) is 17.7. The van der Waals surface area contributed by atoms with Gasteiger partial charge in [-0.3, -0.25) is 4.90 Å². The van der Waals surface area contributed by atoms with E-state index in [-0.39, 0.29) is 17.9 Å². The fourth-order valence-corrected chi connectivity index (χ4v) is 5.84. The van der Waals surface area contributed by atoms with E-state index in [0.717, 1.165) is 18.7 Å². The van der Waals surface area contributed by atoms with E-state index in [1.807, 2.05) is 30.3 Å². The van der Waals surface area contributed by atoms with E-state index in [1.54, 1.807) is 25.5 Å². The number of benzene rings is 1. The number of hydrogen-bond acceptors (Lipinski definition) is 7. The zero-order valence-electron chi connectivity index (χ0n) is 16.9. The summed E-state index contributed by atoms with van der Waals surface area (Å²) in [6, 6.07) is 9.74. The largest absolute Gasteiger partial charge is 0.377 e. The van der Waals surface area contributed by atoms with Crippen LogP contribution in [0.5, 0.6) is 0 Å². The van der Waals surface area contributed by atoms with E-state index in [2.05, 4.69) is 15.0 Å². The van der Waals surface area contributed by atoms with Gasteiger partial charge in [-0.2, -0.15) is 22.0 Å². The van der Waals surface area contributed by atoms with E-state index < -0.39 is 10.2 Å². The van der Waals surface area contributed by atoms with Crippen molar-refractivity contribution in [3.05, 3.63) is 47.6 Å². The van der Waals surface area contributed by atoms with Crippen LogP contribution in [0.2, 0.25) is 0 Å². The van der Waals surface area contributed by atoms with Crippen LogP contribution >= 0.6 is 0 Å². The van der Waals surface area contributed by atoms with E-state index >= 15 is 0 Å². The molecule has 1 aromatic heterocycles. The van der Waals surface area contributed by atoms with Crippen molar-refractivity contribution in [3.8, 4) is 0 Å². The Kier molecular flexibility index (Phi) is 5.71. The fourth-order valence-electron chi connectivity index (χ4n) is 4.47. The summed E-state index contributed by atoms with van der Waals surface area (Å²) in [7, 11) is 1.27. The SMILES string of the molecule is COCc1noc(CN2C[C@H]3CN(S(=O)(=O)N(C)C)[C@H](c4ccccc4)[C@H]3C2)n1. The maximum Gasteiger partial charge on any atom is 0.282 e. The van der Waals surface area contributed by atoms with Crippen LogP contribution in [-0.2, 0) is 28.1 Å². The number of aromatic nitrogens is 2. The molecule has 0 radical (unpaired) electrons. The minimum Gasteiger partial charge on any atom is -0.377 e. The maximum absolute atomic E-state index is 13.0. The molecule has 0 bridgehead atoms. The quantitative estimate of drug-likeness (QED) is 0.662. The van der Waals surface area contributed by atoms with Crippen molar-refractivity contribution in [2.75, 3.05) is 40.8 Å². The molecule has 4 rings (SSSR count). The van der Waals surface area contributed by atoms with Crippen LogP contribution in [0, 0.1) is 11.8 Å². The lowest BCUT2D eigenvalue weighted by Crippen LogP contribution is -2.42. The average Bonchev–Trinajstić information content (AvgIpc) is 3.37. The summed E-state index contributed by atoms with van der Waals surface area (Å²) < 4.78 is 39.3. The molecule has 3 atom stereocenters. The molecule has 2 saturated heterocycles. The molecule has 2 aromatic rings. The molecule has 29 heavy (non-hydrogen) atoms. The monoisotopic (exact) mass is 421 g/mol. The van der Waals surface area contributed by atoms with Crippen molar-refractivity contribution in [2.45, 2.75) is 19.2 Å². The van der Waals surface area contributed by atoms with Gasteiger partial charge in [0.2, 0.25) is 5.89 Å². The topological polar surface area (TPSA) is 92.0 Å². The second-order valence-corrected chi connectivity index (χ2v) is 9.97. The normalized spacial score (nSPS) is 25.7. The molecule has 0 amide bonds. The summed E-state index contributed by atoms with van der Waals surface area (Å²) in [6.07, 6.45) is 0. The van der Waals surface area contributed by atoms with Crippen molar-refractivity contribution in [2.24, 2.45) is 11.8 Å². The molecule has 0 aliphatic carbocycles. The van der Waals surface area contributed by atoms with Crippen molar-refractivity contribution >= 4 is 10.2 Å². The lowest BCUT2D eigenvalue weighted by Gasteiger charge is -2.30. The van der Waals surface area contributed by atoms with E-state index in [1.165, 1.54) is 4.31 Å². The summed E-state index contributed by atoms with van der Waals surface area (Å²) in [5, 5.41) is 3.92. The third-order valence-corrected chi connectivity index (χ3v) is 7.63. The number of ether oxygens (including phenoxy) is 1. The number of hydrogen-bond donors (Lipinski definition) is 0. The first-order chi connectivity index (χ1) is 13.9. The molecule has 0 unspecified atom stereocenters. The van der Waals surface area contributed by atoms with Gasteiger partial charge in [-0.25, -0.2) is 0 Å². The van der Waals surface area contributed by atoms with Crippen LogP contribution in [0.3, 0.4) is 0 Å². The van der Waals surface area contributed by atoms with Gasteiger partial charge in [0.15, 0.2) is 5.82 Å². The highest BCUT2D eigenvalue weighted by Crippen LogP contribution is 2.46. The van der Waals surface area contributed by atoms with Crippen LogP contribution < -0.4 is 0 Å². The van der Waals surface area contributed by atoms with Crippen LogP contribution in [0.4, 0.5) is 0 Å². The Balaban J connectivity index is 1.54. The first-order valence-electron chi connectivity index (χ1n) is 9.67. The molecule has 2 aliphatic heterocycles. The highest BCUT2D eigenvalue weighted by atomic mass is 32.2. The van der Waals surface area contributed by atoms with Crippen LogP contribution in [0.1, 0.15) is 23.3 Å². The van der Waals surface area contributed by atoms with Gasteiger partial charge in [-0.05, 0) is 17.4 Å². The van der Waals surface area contributed by atoms with Crippen molar-refractivity contribution < 1.29 is 17.7 Å². The maximum atomic E-state index is 13.0. The molecule has 9 nitrogen and oxygen atoms in total. The molecule has 158 valence electrons. The van der Waals surface area contributed by atoms with Gasteiger partial charge in [-0.1, -0.05) is 35.5 Å². The molecule has 0 N–H and O–H groups in total. The summed E-state index contributed by atoms with van der Waals surface area (Å²) in [6.45, 7) is 2.98. The van der Waals surface area contributed by atoms with Crippen molar-refractivity contribution in [1.29, 1.82) is 0 Å². The fraction of sp³-hybridized carbons (Fsp3) is 0.579. The summed E-state index contributed by atoms with van der Waals surface area (Å²) in [4.78, 5) is 6.63. The molecule has 2 aliphatic rings. The number of nitrogens with zero attached hydrogens (tertiary/aromatic N) is 5. The molecule has 0 spiro atoms. The molecular weight excluding hydrogens is 394 g/mol. The van der Waals surface area contributed by atoms with Gasteiger partial charge in [0.05, 0.1) is 12.6 Å². The first kappa shape index (κ1) is 20.4. The van der Waals surface area contributed by atoms with E-state index in [0.29, 0.717) is 31.4 Å². The third-order valence-electron chi connectivity index (χ3n) is 5.74. The smallest absolute Gasteiger partial charge is 0.282 e. The molecule has 10 heteroatoms. The molecule has 2 fully saturated rings. The lowest BCUT2D eigenvalue weighted by molar-refractivity contribution is 0.174. The number of rotatable bonds is 7. The van der Waals surface area contributed by atoms with Crippen LogP contribution in [0.15, 0.2) is 34.9 Å². The zero-order chi connectivity index (χ0) is 20.6. The van der Waals surface area contributed by atoms with Gasteiger partial charge in [0.25, 0.3) is 10.2 Å². The second-order valence-electron chi connectivity index (χ2n) is 7.87. The lowest BCUT2D eigenvalue weighted by atomic mass is 9.90. The number of methoxy groups -OCH3 is 1. The van der Waals surface area contributed by atoms with Gasteiger partial charge < -0.3 is 9.26 Å². The Morgan fingerprint density at radius 3 is 2.66 bits per heavy atom.